The summed E-state index contributed by atoms with van der Waals surface area (Å²) in [7, 11) is 0. The molecule has 1 heterocycles. The van der Waals surface area contributed by atoms with E-state index in [0.717, 1.165) is 22.2 Å². The van der Waals surface area contributed by atoms with E-state index in [1.807, 2.05) is 25.1 Å². The van der Waals surface area contributed by atoms with E-state index in [0.29, 0.717) is 28.7 Å². The summed E-state index contributed by atoms with van der Waals surface area (Å²) in [6.45, 7) is 2.33. The molecule has 0 fully saturated rings. The molecule has 7 heteroatoms. The third-order valence-electron chi connectivity index (χ3n) is 4.13. The van der Waals surface area contributed by atoms with Crippen molar-refractivity contribution in [3.63, 3.8) is 0 Å². The summed E-state index contributed by atoms with van der Waals surface area (Å²) in [5, 5.41) is 11.9. The summed E-state index contributed by atoms with van der Waals surface area (Å²) in [4.78, 5) is 12.8. The number of H-pyrrole nitrogens is 1. The van der Waals surface area contributed by atoms with Crippen LogP contribution in [0, 0.1) is 6.92 Å². The molecule has 3 rings (SSSR count). The zero-order valence-corrected chi connectivity index (χ0v) is 15.2. The first-order valence-electron chi connectivity index (χ1n) is 7.90. The minimum Gasteiger partial charge on any atom is -0.330 e. The van der Waals surface area contributed by atoms with Gasteiger partial charge in [0.15, 0.2) is 0 Å². The second kappa shape index (κ2) is 7.44. The van der Waals surface area contributed by atoms with Crippen molar-refractivity contribution in [1.82, 2.24) is 10.2 Å². The number of halogens is 2. The average Bonchev–Trinajstić information content (AvgIpc) is 2.96. The molecule has 0 bridgehead atoms. The minimum absolute atomic E-state index is 0.135. The number of nitrogens with one attached hydrogen (secondary N) is 2. The number of carbonyl (C=O) groups excluding carboxylic acids is 1. The lowest BCUT2D eigenvalue weighted by Crippen LogP contribution is -2.23. The molecule has 1 atom stereocenters. The summed E-state index contributed by atoms with van der Waals surface area (Å²) in [6, 6.07) is 10.8. The van der Waals surface area contributed by atoms with E-state index in [-0.39, 0.29) is 5.91 Å². The number of aromatic amines is 1. The van der Waals surface area contributed by atoms with Crippen molar-refractivity contribution in [2.75, 3.05) is 11.9 Å². The van der Waals surface area contributed by atoms with Crippen molar-refractivity contribution >= 4 is 45.7 Å². The van der Waals surface area contributed by atoms with Gasteiger partial charge < -0.3 is 11.1 Å². The van der Waals surface area contributed by atoms with Crippen molar-refractivity contribution < 1.29 is 4.79 Å². The highest BCUT2D eigenvalue weighted by Gasteiger charge is 2.21. The van der Waals surface area contributed by atoms with Crippen molar-refractivity contribution in [2.45, 2.75) is 19.3 Å². The van der Waals surface area contributed by atoms with E-state index in [4.69, 9.17) is 28.9 Å². The lowest BCUT2D eigenvalue weighted by molar-refractivity contribution is -0.117. The number of benzene rings is 2. The van der Waals surface area contributed by atoms with Crippen molar-refractivity contribution in [3.05, 3.63) is 57.7 Å². The number of nitrogens with zero attached hydrogens (tertiary/aromatic N) is 1. The summed E-state index contributed by atoms with van der Waals surface area (Å²) >= 11 is 12.1. The number of aryl methyl sites for hydroxylation is 1. The summed E-state index contributed by atoms with van der Waals surface area (Å²) < 4.78 is 0. The monoisotopic (exact) mass is 376 g/mol. The zero-order valence-electron chi connectivity index (χ0n) is 13.6. The summed E-state index contributed by atoms with van der Waals surface area (Å²) in [6.07, 6.45) is 0.511. The SMILES string of the molecule is Cc1[nH]nc2ccc(NC(=O)C(CCN)c3ccc(Cl)c(Cl)c3)cc12. The van der Waals surface area contributed by atoms with Crippen LogP contribution in [0.15, 0.2) is 36.4 Å². The van der Waals surface area contributed by atoms with Crippen LogP contribution in [0.5, 0.6) is 0 Å². The van der Waals surface area contributed by atoms with Crippen LogP contribution in [-0.4, -0.2) is 22.6 Å². The number of hydrogen-bond donors (Lipinski definition) is 3. The molecule has 25 heavy (non-hydrogen) atoms. The molecule has 4 N–H and O–H groups in total. The van der Waals surface area contributed by atoms with Crippen molar-refractivity contribution in [1.29, 1.82) is 0 Å². The number of anilines is 1. The molecule has 1 unspecified atom stereocenters. The normalized spacial score (nSPS) is 12.3. The highest BCUT2D eigenvalue weighted by Crippen LogP contribution is 2.29. The first-order valence-corrected chi connectivity index (χ1v) is 8.66. The second-order valence-electron chi connectivity index (χ2n) is 5.87. The highest BCUT2D eigenvalue weighted by atomic mass is 35.5. The number of rotatable bonds is 5. The Balaban J connectivity index is 1.86. The second-order valence-corrected chi connectivity index (χ2v) is 6.69. The number of carbonyl (C=O) groups is 1. The third kappa shape index (κ3) is 3.79. The fourth-order valence-electron chi connectivity index (χ4n) is 2.79. The van der Waals surface area contributed by atoms with Crippen LogP contribution in [0.2, 0.25) is 10.0 Å². The number of aromatic nitrogens is 2. The van der Waals surface area contributed by atoms with Gasteiger partial charge in [0.2, 0.25) is 5.91 Å². The van der Waals surface area contributed by atoms with Crippen molar-refractivity contribution in [3.8, 4) is 0 Å². The summed E-state index contributed by atoms with van der Waals surface area (Å²) in [5.74, 6) is -0.537. The van der Waals surface area contributed by atoms with Crippen LogP contribution in [0.3, 0.4) is 0 Å². The van der Waals surface area contributed by atoms with Crippen LogP contribution in [0.1, 0.15) is 23.6 Å². The molecule has 0 aliphatic heterocycles. The molecule has 0 saturated heterocycles. The lowest BCUT2D eigenvalue weighted by atomic mass is 9.94. The van der Waals surface area contributed by atoms with E-state index < -0.39 is 5.92 Å². The Bertz CT molecular complexity index is 923. The van der Waals surface area contributed by atoms with Gasteiger partial charge in [0, 0.05) is 16.8 Å². The van der Waals surface area contributed by atoms with E-state index in [1.165, 1.54) is 0 Å². The maximum atomic E-state index is 12.8. The molecule has 3 aromatic rings. The lowest BCUT2D eigenvalue weighted by Gasteiger charge is -2.17. The van der Waals surface area contributed by atoms with E-state index in [1.54, 1.807) is 18.2 Å². The van der Waals surface area contributed by atoms with Gasteiger partial charge in [0.1, 0.15) is 0 Å². The molecule has 0 spiro atoms. The Hall–Kier alpha value is -2.08. The zero-order chi connectivity index (χ0) is 18.0. The molecular weight excluding hydrogens is 359 g/mol. The van der Waals surface area contributed by atoms with Gasteiger partial charge in [0.25, 0.3) is 0 Å². The molecule has 5 nitrogen and oxygen atoms in total. The van der Waals surface area contributed by atoms with Gasteiger partial charge in [-0.1, -0.05) is 29.3 Å². The molecule has 0 saturated carbocycles. The van der Waals surface area contributed by atoms with Gasteiger partial charge in [-0.25, -0.2) is 0 Å². The highest BCUT2D eigenvalue weighted by molar-refractivity contribution is 6.42. The van der Waals surface area contributed by atoms with Gasteiger partial charge in [-0.05, 0) is 55.8 Å². The Morgan fingerprint density at radius 1 is 1.24 bits per heavy atom. The third-order valence-corrected chi connectivity index (χ3v) is 4.87. The Morgan fingerprint density at radius 2 is 2.04 bits per heavy atom. The Labute approximate surface area is 155 Å². The quantitative estimate of drug-likeness (QED) is 0.622. The fourth-order valence-corrected chi connectivity index (χ4v) is 3.10. The molecule has 2 aromatic carbocycles. The van der Waals surface area contributed by atoms with E-state index >= 15 is 0 Å². The average molecular weight is 377 g/mol. The van der Waals surface area contributed by atoms with Crippen LogP contribution in [0.4, 0.5) is 5.69 Å². The van der Waals surface area contributed by atoms with Crippen molar-refractivity contribution in [2.24, 2.45) is 5.73 Å². The van der Waals surface area contributed by atoms with Gasteiger partial charge >= 0.3 is 0 Å². The van der Waals surface area contributed by atoms with Crippen LogP contribution >= 0.6 is 23.2 Å². The molecular formula is C18H18Cl2N4O. The first-order chi connectivity index (χ1) is 12.0. The molecule has 1 amide bonds. The van der Waals surface area contributed by atoms with Gasteiger partial charge in [0.05, 0.1) is 21.5 Å². The van der Waals surface area contributed by atoms with E-state index in [9.17, 15) is 4.79 Å². The topological polar surface area (TPSA) is 83.8 Å². The van der Waals surface area contributed by atoms with Crippen LogP contribution in [-0.2, 0) is 4.79 Å². The molecule has 130 valence electrons. The number of fused-ring (bicyclic) bond motifs is 1. The maximum Gasteiger partial charge on any atom is 0.231 e. The predicted molar refractivity (Wildman–Crippen MR) is 102 cm³/mol. The largest absolute Gasteiger partial charge is 0.330 e. The molecule has 0 aliphatic carbocycles. The number of hydrogen-bond acceptors (Lipinski definition) is 3. The Kier molecular flexibility index (Phi) is 5.27. The standard InChI is InChI=1S/C18H18Cl2N4O/c1-10-14-9-12(3-5-17(14)24-23-10)22-18(25)13(6-7-21)11-2-4-15(19)16(20)8-11/h2-5,8-9,13H,6-7,21H2,1H3,(H,22,25)(H,23,24). The van der Waals surface area contributed by atoms with E-state index in [2.05, 4.69) is 15.5 Å². The van der Waals surface area contributed by atoms with Gasteiger partial charge in [-0.3, -0.25) is 9.89 Å². The first kappa shape index (κ1) is 17.7. The van der Waals surface area contributed by atoms with Crippen LogP contribution < -0.4 is 11.1 Å². The molecule has 1 aromatic heterocycles. The fraction of sp³-hybridized carbons (Fsp3) is 0.222. The van der Waals surface area contributed by atoms with Gasteiger partial charge in [-0.15, -0.1) is 0 Å². The summed E-state index contributed by atoms with van der Waals surface area (Å²) in [5.41, 5.74) is 9.01. The smallest absolute Gasteiger partial charge is 0.231 e. The van der Waals surface area contributed by atoms with Gasteiger partial charge in [-0.2, -0.15) is 5.10 Å². The van der Waals surface area contributed by atoms with Crippen LogP contribution in [0.25, 0.3) is 10.9 Å². The predicted octanol–water partition coefficient (Wildman–Crippen LogP) is 4.25. The molecule has 0 aliphatic rings. The maximum absolute atomic E-state index is 12.8. The number of nitrogens with two attached hydrogens (primary N) is 1. The Morgan fingerprint density at radius 3 is 2.76 bits per heavy atom. The molecule has 0 radical (unpaired) electrons. The minimum atomic E-state index is -0.402. The number of amides is 1.